The SMILES string of the molecule is CCc1nc(Cl)cc(N2CCCC3CCCC32)n1. The molecule has 2 aliphatic rings. The van der Waals surface area contributed by atoms with E-state index in [4.69, 9.17) is 11.6 Å². The van der Waals surface area contributed by atoms with E-state index in [1.165, 1.54) is 32.1 Å². The molecular formula is C14H20ClN3. The summed E-state index contributed by atoms with van der Waals surface area (Å²) < 4.78 is 0. The number of hydrogen-bond donors (Lipinski definition) is 0. The first kappa shape index (κ1) is 12.2. The van der Waals surface area contributed by atoms with Gasteiger partial charge in [0.25, 0.3) is 0 Å². The zero-order valence-corrected chi connectivity index (χ0v) is 11.7. The Hall–Kier alpha value is -0.830. The molecule has 1 saturated heterocycles. The molecular weight excluding hydrogens is 246 g/mol. The number of fused-ring (bicyclic) bond motifs is 1. The van der Waals surface area contributed by atoms with Crippen LogP contribution in [0.4, 0.5) is 5.82 Å². The fourth-order valence-corrected chi connectivity index (χ4v) is 3.69. The van der Waals surface area contributed by atoms with E-state index in [1.807, 2.05) is 6.07 Å². The van der Waals surface area contributed by atoms with Gasteiger partial charge in [-0.3, -0.25) is 0 Å². The third-order valence-electron chi connectivity index (χ3n) is 4.33. The zero-order chi connectivity index (χ0) is 12.5. The van der Waals surface area contributed by atoms with Gasteiger partial charge >= 0.3 is 0 Å². The molecule has 3 nitrogen and oxygen atoms in total. The standard InChI is InChI=1S/C14H20ClN3/c1-2-13-16-12(15)9-14(17-13)18-8-4-6-10-5-3-7-11(10)18/h9-11H,2-8H2,1H3. The Morgan fingerprint density at radius 1 is 1.28 bits per heavy atom. The summed E-state index contributed by atoms with van der Waals surface area (Å²) in [5, 5.41) is 0.581. The minimum Gasteiger partial charge on any atom is -0.353 e. The first-order chi connectivity index (χ1) is 8.78. The van der Waals surface area contributed by atoms with Gasteiger partial charge in [-0.2, -0.15) is 0 Å². The lowest BCUT2D eigenvalue weighted by Crippen LogP contribution is -2.43. The van der Waals surface area contributed by atoms with Crippen LogP contribution in [-0.2, 0) is 6.42 Å². The summed E-state index contributed by atoms with van der Waals surface area (Å²) in [6.07, 6.45) is 7.58. The maximum atomic E-state index is 6.11. The maximum absolute atomic E-state index is 6.11. The molecule has 2 fully saturated rings. The van der Waals surface area contributed by atoms with Crippen LogP contribution in [0, 0.1) is 5.92 Å². The van der Waals surface area contributed by atoms with E-state index in [0.29, 0.717) is 11.2 Å². The van der Waals surface area contributed by atoms with Crippen molar-refractivity contribution in [2.75, 3.05) is 11.4 Å². The van der Waals surface area contributed by atoms with Crippen LogP contribution in [0.15, 0.2) is 6.07 Å². The van der Waals surface area contributed by atoms with E-state index < -0.39 is 0 Å². The fourth-order valence-electron chi connectivity index (χ4n) is 3.50. The Bertz CT molecular complexity index is 435. The van der Waals surface area contributed by atoms with Crippen molar-refractivity contribution in [2.24, 2.45) is 5.92 Å². The monoisotopic (exact) mass is 265 g/mol. The van der Waals surface area contributed by atoms with Gasteiger partial charge in [0.15, 0.2) is 0 Å². The molecule has 0 radical (unpaired) electrons. The number of anilines is 1. The minimum absolute atomic E-state index is 0.581. The number of halogens is 1. The Labute approximate surface area is 114 Å². The van der Waals surface area contributed by atoms with Crippen LogP contribution in [0.25, 0.3) is 0 Å². The van der Waals surface area contributed by atoms with E-state index in [2.05, 4.69) is 21.8 Å². The summed E-state index contributed by atoms with van der Waals surface area (Å²) in [6.45, 7) is 3.20. The molecule has 1 aliphatic heterocycles. The highest BCUT2D eigenvalue weighted by Gasteiger charge is 2.35. The minimum atomic E-state index is 0.581. The van der Waals surface area contributed by atoms with Gasteiger partial charge in [0.1, 0.15) is 16.8 Å². The Balaban J connectivity index is 1.90. The first-order valence-electron chi connectivity index (χ1n) is 7.08. The van der Waals surface area contributed by atoms with Gasteiger partial charge in [-0.1, -0.05) is 24.9 Å². The second-order valence-corrected chi connectivity index (χ2v) is 5.80. The molecule has 0 bridgehead atoms. The summed E-state index contributed by atoms with van der Waals surface area (Å²) in [7, 11) is 0. The summed E-state index contributed by atoms with van der Waals surface area (Å²) in [5.41, 5.74) is 0. The van der Waals surface area contributed by atoms with Crippen LogP contribution < -0.4 is 4.90 Å². The number of piperidine rings is 1. The molecule has 2 heterocycles. The molecule has 1 aromatic rings. The molecule has 3 rings (SSSR count). The molecule has 18 heavy (non-hydrogen) atoms. The van der Waals surface area contributed by atoms with E-state index >= 15 is 0 Å². The van der Waals surface area contributed by atoms with Crippen LogP contribution in [0.1, 0.15) is 44.9 Å². The summed E-state index contributed by atoms with van der Waals surface area (Å²) in [6, 6.07) is 2.62. The largest absolute Gasteiger partial charge is 0.353 e. The molecule has 4 heteroatoms. The van der Waals surface area contributed by atoms with Gasteiger partial charge in [-0.25, -0.2) is 9.97 Å². The first-order valence-corrected chi connectivity index (χ1v) is 7.46. The fraction of sp³-hybridized carbons (Fsp3) is 0.714. The van der Waals surface area contributed by atoms with Gasteiger partial charge in [0, 0.05) is 25.1 Å². The average Bonchev–Trinajstić information content (AvgIpc) is 2.85. The molecule has 0 aromatic carbocycles. The van der Waals surface area contributed by atoms with Gasteiger partial charge in [0.05, 0.1) is 0 Å². The predicted octanol–water partition coefficient (Wildman–Crippen LogP) is 3.46. The predicted molar refractivity (Wildman–Crippen MR) is 74.1 cm³/mol. The Morgan fingerprint density at radius 3 is 2.94 bits per heavy atom. The highest BCUT2D eigenvalue weighted by molar-refractivity contribution is 6.29. The number of aryl methyl sites for hydroxylation is 1. The summed E-state index contributed by atoms with van der Waals surface area (Å²) in [5.74, 6) is 2.78. The van der Waals surface area contributed by atoms with Crippen LogP contribution in [-0.4, -0.2) is 22.6 Å². The number of rotatable bonds is 2. The molecule has 2 atom stereocenters. The lowest BCUT2D eigenvalue weighted by Gasteiger charge is -2.38. The van der Waals surface area contributed by atoms with Crippen molar-refractivity contribution in [3.05, 3.63) is 17.0 Å². The molecule has 2 unspecified atom stereocenters. The summed E-state index contributed by atoms with van der Waals surface area (Å²) in [4.78, 5) is 11.4. The molecule has 0 amide bonds. The molecule has 1 aromatic heterocycles. The van der Waals surface area contributed by atoms with Crippen molar-refractivity contribution in [2.45, 2.75) is 51.5 Å². The third kappa shape index (κ3) is 2.20. The van der Waals surface area contributed by atoms with Gasteiger partial charge in [0.2, 0.25) is 0 Å². The van der Waals surface area contributed by atoms with Crippen LogP contribution >= 0.6 is 11.6 Å². The quantitative estimate of drug-likeness (QED) is 0.767. The van der Waals surface area contributed by atoms with E-state index in [9.17, 15) is 0 Å². The zero-order valence-electron chi connectivity index (χ0n) is 10.9. The van der Waals surface area contributed by atoms with Gasteiger partial charge in [-0.15, -0.1) is 0 Å². The van der Waals surface area contributed by atoms with E-state index in [-0.39, 0.29) is 0 Å². The Morgan fingerprint density at radius 2 is 2.11 bits per heavy atom. The van der Waals surface area contributed by atoms with Crippen molar-refractivity contribution in [1.82, 2.24) is 9.97 Å². The third-order valence-corrected chi connectivity index (χ3v) is 4.53. The second kappa shape index (κ2) is 5.04. The van der Waals surface area contributed by atoms with Crippen LogP contribution in [0.5, 0.6) is 0 Å². The Kier molecular flexibility index (Phi) is 3.42. The molecule has 1 saturated carbocycles. The normalized spacial score (nSPS) is 27.3. The molecule has 1 aliphatic carbocycles. The second-order valence-electron chi connectivity index (χ2n) is 5.41. The van der Waals surface area contributed by atoms with Crippen molar-refractivity contribution in [3.8, 4) is 0 Å². The summed E-state index contributed by atoms with van der Waals surface area (Å²) >= 11 is 6.11. The van der Waals surface area contributed by atoms with Gasteiger partial charge in [-0.05, 0) is 31.6 Å². The number of aromatic nitrogens is 2. The van der Waals surface area contributed by atoms with E-state index in [0.717, 1.165) is 30.5 Å². The van der Waals surface area contributed by atoms with E-state index in [1.54, 1.807) is 0 Å². The van der Waals surface area contributed by atoms with Crippen LogP contribution in [0.2, 0.25) is 5.15 Å². The van der Waals surface area contributed by atoms with Crippen molar-refractivity contribution in [1.29, 1.82) is 0 Å². The molecule has 98 valence electrons. The number of nitrogens with zero attached hydrogens (tertiary/aromatic N) is 3. The van der Waals surface area contributed by atoms with Crippen molar-refractivity contribution >= 4 is 17.4 Å². The van der Waals surface area contributed by atoms with Crippen LogP contribution in [0.3, 0.4) is 0 Å². The van der Waals surface area contributed by atoms with Crippen molar-refractivity contribution in [3.63, 3.8) is 0 Å². The lowest BCUT2D eigenvalue weighted by molar-refractivity contribution is 0.360. The van der Waals surface area contributed by atoms with Crippen molar-refractivity contribution < 1.29 is 0 Å². The maximum Gasteiger partial charge on any atom is 0.134 e. The molecule has 0 N–H and O–H groups in total. The topological polar surface area (TPSA) is 29.0 Å². The molecule has 0 spiro atoms. The highest BCUT2D eigenvalue weighted by atomic mass is 35.5. The number of hydrogen-bond acceptors (Lipinski definition) is 3. The highest BCUT2D eigenvalue weighted by Crippen LogP contribution is 2.38. The van der Waals surface area contributed by atoms with Gasteiger partial charge < -0.3 is 4.90 Å². The smallest absolute Gasteiger partial charge is 0.134 e. The lowest BCUT2D eigenvalue weighted by atomic mass is 9.92. The average molecular weight is 266 g/mol.